The molecule has 1 aliphatic heterocycles. The largest absolute Gasteiger partial charge is 0.497 e. The number of nitrogens with one attached hydrogen (secondary N) is 2. The second-order valence-corrected chi connectivity index (χ2v) is 8.14. The number of aromatic nitrogens is 3. The molecule has 0 amide bonds. The highest BCUT2D eigenvalue weighted by atomic mass is 127. The third kappa shape index (κ3) is 6.69. The number of guanidine groups is 1. The number of rotatable bonds is 8. The van der Waals surface area contributed by atoms with Gasteiger partial charge in [0, 0.05) is 19.3 Å². The maximum atomic E-state index is 5.35. The van der Waals surface area contributed by atoms with Gasteiger partial charge in [0.15, 0.2) is 11.8 Å². The van der Waals surface area contributed by atoms with Gasteiger partial charge in [-0.1, -0.05) is 36.8 Å². The molecule has 0 radical (unpaired) electrons. The molecular weight excluding hydrogens is 541 g/mol. The molecule has 2 N–H and O–H groups in total. The molecule has 9 heteroatoms. The van der Waals surface area contributed by atoms with Gasteiger partial charge in [-0.2, -0.15) is 0 Å². The summed E-state index contributed by atoms with van der Waals surface area (Å²) in [6.07, 6.45) is 5.53. The van der Waals surface area contributed by atoms with Crippen LogP contribution in [-0.2, 0) is 6.54 Å². The van der Waals surface area contributed by atoms with Crippen LogP contribution in [0.1, 0.15) is 36.7 Å². The van der Waals surface area contributed by atoms with Crippen molar-refractivity contribution in [1.29, 1.82) is 0 Å². The van der Waals surface area contributed by atoms with Crippen LogP contribution < -0.4 is 15.4 Å². The zero-order valence-electron chi connectivity index (χ0n) is 19.9. The number of hydrogen-bond acceptors (Lipinski definition) is 5. The molecule has 4 rings (SSSR count). The van der Waals surface area contributed by atoms with E-state index in [0.717, 1.165) is 42.9 Å². The van der Waals surface area contributed by atoms with Gasteiger partial charge in [0.1, 0.15) is 12.1 Å². The van der Waals surface area contributed by atoms with Crippen LogP contribution in [0, 0.1) is 0 Å². The molecular formula is C25H34IN7O. The Morgan fingerprint density at radius 3 is 2.44 bits per heavy atom. The van der Waals surface area contributed by atoms with E-state index >= 15 is 0 Å². The number of para-hydroxylation sites is 1. The number of methoxy groups -OCH3 is 1. The Kier molecular flexibility index (Phi) is 10.1. The number of benzene rings is 2. The summed E-state index contributed by atoms with van der Waals surface area (Å²) in [5.74, 6) is 2.45. The van der Waals surface area contributed by atoms with Gasteiger partial charge in [-0.3, -0.25) is 14.5 Å². The lowest BCUT2D eigenvalue weighted by Crippen LogP contribution is -2.44. The van der Waals surface area contributed by atoms with Crippen LogP contribution in [0.15, 0.2) is 65.9 Å². The van der Waals surface area contributed by atoms with Crippen LogP contribution in [0.3, 0.4) is 0 Å². The minimum absolute atomic E-state index is 0. The monoisotopic (exact) mass is 575 g/mol. The molecule has 0 spiro atoms. The van der Waals surface area contributed by atoms with E-state index in [2.05, 4.69) is 42.9 Å². The van der Waals surface area contributed by atoms with Gasteiger partial charge in [0.25, 0.3) is 0 Å². The van der Waals surface area contributed by atoms with E-state index in [1.807, 2.05) is 47.0 Å². The number of piperidine rings is 1. The Labute approximate surface area is 218 Å². The lowest BCUT2D eigenvalue weighted by Gasteiger charge is -2.35. The van der Waals surface area contributed by atoms with Crippen LogP contribution in [0.25, 0.3) is 5.69 Å². The highest BCUT2D eigenvalue weighted by molar-refractivity contribution is 14.0. The van der Waals surface area contributed by atoms with Gasteiger partial charge in [0.05, 0.1) is 19.7 Å². The third-order valence-corrected chi connectivity index (χ3v) is 6.09. The van der Waals surface area contributed by atoms with Gasteiger partial charge < -0.3 is 15.4 Å². The Morgan fingerprint density at radius 2 is 1.76 bits per heavy atom. The van der Waals surface area contributed by atoms with Crippen molar-refractivity contribution in [3.05, 3.63) is 72.3 Å². The van der Waals surface area contributed by atoms with Crippen LogP contribution in [-0.4, -0.2) is 59.4 Å². The highest BCUT2D eigenvalue weighted by Gasteiger charge is 2.22. The first-order chi connectivity index (χ1) is 16.3. The molecule has 1 fully saturated rings. The molecule has 0 saturated carbocycles. The number of hydrogen-bond donors (Lipinski definition) is 2. The Morgan fingerprint density at radius 1 is 1.03 bits per heavy atom. The summed E-state index contributed by atoms with van der Waals surface area (Å²) in [7, 11) is 3.49. The average molecular weight is 575 g/mol. The zero-order valence-corrected chi connectivity index (χ0v) is 22.2. The summed E-state index contributed by atoms with van der Waals surface area (Å²) >= 11 is 0. The normalized spacial score (nSPS) is 15.3. The summed E-state index contributed by atoms with van der Waals surface area (Å²) in [6.45, 7) is 3.51. The maximum Gasteiger partial charge on any atom is 0.191 e. The Bertz CT molecular complexity index is 1020. The predicted octanol–water partition coefficient (Wildman–Crippen LogP) is 3.79. The van der Waals surface area contributed by atoms with Crippen molar-refractivity contribution in [2.75, 3.05) is 33.8 Å². The first kappa shape index (κ1) is 26.0. The summed E-state index contributed by atoms with van der Waals surface area (Å²) in [6, 6.07) is 18.8. The summed E-state index contributed by atoms with van der Waals surface area (Å²) in [5.41, 5.74) is 2.32. The van der Waals surface area contributed by atoms with Crippen molar-refractivity contribution in [3.63, 3.8) is 0 Å². The van der Waals surface area contributed by atoms with Gasteiger partial charge in [0.2, 0.25) is 0 Å². The maximum absolute atomic E-state index is 5.35. The predicted molar refractivity (Wildman–Crippen MR) is 146 cm³/mol. The van der Waals surface area contributed by atoms with Crippen molar-refractivity contribution in [2.45, 2.75) is 31.8 Å². The number of halogens is 1. The molecule has 2 aromatic carbocycles. The average Bonchev–Trinajstić information content (AvgIpc) is 3.36. The van der Waals surface area contributed by atoms with E-state index in [4.69, 9.17) is 4.74 Å². The summed E-state index contributed by atoms with van der Waals surface area (Å²) < 4.78 is 7.33. The van der Waals surface area contributed by atoms with Crippen LogP contribution in [0.4, 0.5) is 0 Å². The van der Waals surface area contributed by atoms with Gasteiger partial charge >= 0.3 is 0 Å². The molecule has 1 aromatic heterocycles. The fourth-order valence-electron chi connectivity index (χ4n) is 4.27. The standard InChI is InChI=1S/C25H33N7O.HI/c1-26-25(28-18-24-30-29-19-32(24)21-9-5-3-6-10-21)27-17-23(31-15-7-4-8-16-31)20-11-13-22(33-2)14-12-20;/h3,5-6,9-14,19,23H,4,7-8,15-18H2,1-2H3,(H2,26,27,28);1H. The van der Waals surface area contributed by atoms with E-state index < -0.39 is 0 Å². The van der Waals surface area contributed by atoms with Crippen LogP contribution >= 0.6 is 24.0 Å². The van der Waals surface area contributed by atoms with Crippen molar-refractivity contribution in [3.8, 4) is 11.4 Å². The molecule has 8 nitrogen and oxygen atoms in total. The molecule has 2 heterocycles. The summed E-state index contributed by atoms with van der Waals surface area (Å²) in [4.78, 5) is 6.99. The topological polar surface area (TPSA) is 79.6 Å². The van der Waals surface area contributed by atoms with Crippen molar-refractivity contribution in [1.82, 2.24) is 30.3 Å². The van der Waals surface area contributed by atoms with Crippen molar-refractivity contribution in [2.24, 2.45) is 4.99 Å². The van der Waals surface area contributed by atoms with Gasteiger partial charge in [-0.25, -0.2) is 0 Å². The molecule has 1 aliphatic rings. The lowest BCUT2D eigenvalue weighted by molar-refractivity contribution is 0.164. The third-order valence-electron chi connectivity index (χ3n) is 6.09. The molecule has 182 valence electrons. The number of ether oxygens (including phenoxy) is 1. The zero-order chi connectivity index (χ0) is 22.9. The number of likely N-dealkylation sites (tertiary alicyclic amines) is 1. The first-order valence-corrected chi connectivity index (χ1v) is 11.6. The molecule has 1 saturated heterocycles. The second kappa shape index (κ2) is 13.3. The van der Waals surface area contributed by atoms with Crippen molar-refractivity contribution < 1.29 is 4.74 Å². The highest BCUT2D eigenvalue weighted by Crippen LogP contribution is 2.25. The van der Waals surface area contributed by atoms with E-state index in [1.54, 1.807) is 20.5 Å². The smallest absolute Gasteiger partial charge is 0.191 e. The number of nitrogens with zero attached hydrogens (tertiary/aromatic N) is 5. The van der Waals surface area contributed by atoms with Gasteiger partial charge in [-0.15, -0.1) is 34.2 Å². The molecule has 0 aliphatic carbocycles. The van der Waals surface area contributed by atoms with E-state index in [1.165, 1.54) is 24.8 Å². The van der Waals surface area contributed by atoms with E-state index in [9.17, 15) is 0 Å². The SMILES string of the molecule is CN=C(NCc1nncn1-c1ccccc1)NCC(c1ccc(OC)cc1)N1CCCCC1.I. The minimum Gasteiger partial charge on any atom is -0.497 e. The van der Waals surface area contributed by atoms with E-state index in [-0.39, 0.29) is 30.0 Å². The molecule has 34 heavy (non-hydrogen) atoms. The van der Waals surface area contributed by atoms with E-state index in [0.29, 0.717) is 6.54 Å². The molecule has 1 unspecified atom stereocenters. The molecule has 0 bridgehead atoms. The van der Waals surface area contributed by atoms with Crippen molar-refractivity contribution >= 4 is 29.9 Å². The second-order valence-electron chi connectivity index (χ2n) is 8.14. The minimum atomic E-state index is 0. The molecule has 3 aromatic rings. The number of aliphatic imine (C=N–C) groups is 1. The quantitative estimate of drug-likeness (QED) is 0.242. The lowest BCUT2D eigenvalue weighted by atomic mass is 10.0. The first-order valence-electron chi connectivity index (χ1n) is 11.6. The Balaban J connectivity index is 0.00000324. The van der Waals surface area contributed by atoms with Gasteiger partial charge in [-0.05, 0) is 55.8 Å². The Hall–Kier alpha value is -2.66. The fraction of sp³-hybridized carbons (Fsp3) is 0.400. The fourth-order valence-corrected chi connectivity index (χ4v) is 4.27. The summed E-state index contributed by atoms with van der Waals surface area (Å²) in [5, 5.41) is 15.3. The molecule has 1 atom stereocenters. The van der Waals surface area contributed by atoms with Crippen LogP contribution in [0.5, 0.6) is 5.75 Å². The van der Waals surface area contributed by atoms with Crippen LogP contribution in [0.2, 0.25) is 0 Å².